The zero-order valence-corrected chi connectivity index (χ0v) is 17.3. The van der Waals surface area contributed by atoms with Crippen molar-refractivity contribution < 1.29 is 19.1 Å². The summed E-state index contributed by atoms with van der Waals surface area (Å²) >= 11 is 0. The largest absolute Gasteiger partial charge is 0.489 e. The molecule has 1 aliphatic rings. The molecule has 0 atom stereocenters. The van der Waals surface area contributed by atoms with Crippen molar-refractivity contribution in [2.45, 2.75) is 13.0 Å². The lowest BCUT2D eigenvalue weighted by atomic mass is 10.1. The number of amides is 2. The maximum Gasteiger partial charge on any atom is 0.414 e. The minimum Gasteiger partial charge on any atom is -0.489 e. The molecule has 0 spiro atoms. The molecule has 1 N–H and O–H groups in total. The maximum absolute atomic E-state index is 12.8. The van der Waals surface area contributed by atoms with Gasteiger partial charge in [-0.2, -0.15) is 5.26 Å². The Hall–Kier alpha value is -4.31. The van der Waals surface area contributed by atoms with Crippen molar-refractivity contribution in [1.82, 2.24) is 0 Å². The van der Waals surface area contributed by atoms with Crippen LogP contribution in [-0.4, -0.2) is 25.2 Å². The Kier molecular flexibility index (Phi) is 6.33. The molecule has 1 saturated heterocycles. The number of nitrogens with one attached hydrogen (secondary N) is 1. The second-order valence-electron chi connectivity index (χ2n) is 7.19. The van der Waals surface area contributed by atoms with Gasteiger partial charge in [-0.3, -0.25) is 9.69 Å². The highest BCUT2D eigenvalue weighted by Gasteiger charge is 2.23. The number of hydrogen-bond acceptors (Lipinski definition) is 5. The Labute approximate surface area is 185 Å². The lowest BCUT2D eigenvalue weighted by molar-refractivity contribution is 0.102. The predicted molar refractivity (Wildman–Crippen MR) is 120 cm³/mol. The third kappa shape index (κ3) is 4.87. The lowest BCUT2D eigenvalue weighted by Crippen LogP contribution is -2.23. The Morgan fingerprint density at radius 2 is 1.81 bits per heavy atom. The molecule has 1 aliphatic heterocycles. The van der Waals surface area contributed by atoms with Crippen molar-refractivity contribution in [3.05, 3.63) is 89.5 Å². The average molecular weight is 427 g/mol. The number of cyclic esters (lactones) is 1. The smallest absolute Gasteiger partial charge is 0.414 e. The molecule has 0 aromatic heterocycles. The summed E-state index contributed by atoms with van der Waals surface area (Å²) in [7, 11) is 0. The van der Waals surface area contributed by atoms with Gasteiger partial charge in [-0.25, -0.2) is 4.79 Å². The molecule has 3 aromatic rings. The quantitative estimate of drug-likeness (QED) is 0.598. The number of carbonyl (C=O) groups is 2. The van der Waals surface area contributed by atoms with Crippen LogP contribution in [0.5, 0.6) is 5.75 Å². The molecule has 1 fully saturated rings. The van der Waals surface area contributed by atoms with E-state index in [-0.39, 0.29) is 18.6 Å². The van der Waals surface area contributed by atoms with Gasteiger partial charge < -0.3 is 14.8 Å². The first kappa shape index (κ1) is 20.9. The van der Waals surface area contributed by atoms with Crippen LogP contribution in [0.25, 0.3) is 0 Å². The molecule has 7 heteroatoms. The standard InChI is InChI=1S/C25H21N3O4/c26-14-13-18-5-11-22(12-6-18)32-17-20-3-1-2-4-23(20)27-24(29)19-7-9-21(10-8-19)28-15-16-31-25(28)30/h1-12H,13,15-17H2,(H,27,29). The van der Waals surface area contributed by atoms with E-state index in [4.69, 9.17) is 14.7 Å². The van der Waals surface area contributed by atoms with Crippen LogP contribution in [0.2, 0.25) is 0 Å². The summed E-state index contributed by atoms with van der Waals surface area (Å²) in [6, 6.07) is 23.7. The molecule has 0 aliphatic carbocycles. The zero-order chi connectivity index (χ0) is 22.3. The number of carbonyl (C=O) groups excluding carboxylic acids is 2. The van der Waals surface area contributed by atoms with Crippen molar-refractivity contribution in [3.8, 4) is 11.8 Å². The van der Waals surface area contributed by atoms with Crippen LogP contribution in [0.1, 0.15) is 21.5 Å². The normalized spacial score (nSPS) is 12.7. The highest BCUT2D eigenvalue weighted by Crippen LogP contribution is 2.22. The highest BCUT2D eigenvalue weighted by atomic mass is 16.6. The second-order valence-corrected chi connectivity index (χ2v) is 7.19. The van der Waals surface area contributed by atoms with E-state index in [9.17, 15) is 9.59 Å². The zero-order valence-electron chi connectivity index (χ0n) is 17.3. The van der Waals surface area contributed by atoms with Crippen molar-refractivity contribution >= 4 is 23.4 Å². The van der Waals surface area contributed by atoms with Gasteiger partial charge in [0.25, 0.3) is 5.91 Å². The number of hydrogen-bond donors (Lipinski definition) is 1. The average Bonchev–Trinajstić information content (AvgIpc) is 3.25. The summed E-state index contributed by atoms with van der Waals surface area (Å²) in [5.74, 6) is 0.428. The number of rotatable bonds is 7. The van der Waals surface area contributed by atoms with E-state index < -0.39 is 0 Å². The summed E-state index contributed by atoms with van der Waals surface area (Å²) in [5, 5.41) is 11.7. The topological polar surface area (TPSA) is 91.7 Å². The van der Waals surface area contributed by atoms with Crippen molar-refractivity contribution in [3.63, 3.8) is 0 Å². The lowest BCUT2D eigenvalue weighted by Gasteiger charge is -2.14. The summed E-state index contributed by atoms with van der Waals surface area (Å²) < 4.78 is 10.8. The van der Waals surface area contributed by atoms with E-state index >= 15 is 0 Å². The van der Waals surface area contributed by atoms with Gasteiger partial charge in [-0.1, -0.05) is 30.3 Å². The van der Waals surface area contributed by atoms with E-state index in [1.165, 1.54) is 4.90 Å². The first-order valence-corrected chi connectivity index (χ1v) is 10.2. The summed E-state index contributed by atoms with van der Waals surface area (Å²) in [6.07, 6.45) is -0.0195. The molecule has 0 saturated carbocycles. The summed E-state index contributed by atoms with van der Waals surface area (Å²) in [6.45, 7) is 1.15. The van der Waals surface area contributed by atoms with E-state index in [2.05, 4.69) is 11.4 Å². The number of anilines is 2. The summed E-state index contributed by atoms with van der Waals surface area (Å²) in [4.78, 5) is 26.0. The molecule has 0 bridgehead atoms. The highest BCUT2D eigenvalue weighted by molar-refractivity contribution is 6.05. The van der Waals surface area contributed by atoms with Crippen molar-refractivity contribution in [2.24, 2.45) is 0 Å². The monoisotopic (exact) mass is 427 g/mol. The maximum atomic E-state index is 12.8. The number of nitrogens with zero attached hydrogens (tertiary/aromatic N) is 2. The van der Waals surface area contributed by atoms with Crippen LogP contribution in [0.3, 0.4) is 0 Å². The molecular weight excluding hydrogens is 406 g/mol. The minimum atomic E-state index is -0.379. The molecule has 32 heavy (non-hydrogen) atoms. The van der Waals surface area contributed by atoms with E-state index in [1.807, 2.05) is 48.5 Å². The fourth-order valence-electron chi connectivity index (χ4n) is 3.34. The van der Waals surface area contributed by atoms with Gasteiger partial charge in [0.15, 0.2) is 0 Å². The van der Waals surface area contributed by atoms with E-state index in [0.717, 1.165) is 11.1 Å². The van der Waals surface area contributed by atoms with Gasteiger partial charge in [0, 0.05) is 22.5 Å². The van der Waals surface area contributed by atoms with Gasteiger partial charge in [0.1, 0.15) is 19.0 Å². The Bertz CT molecular complexity index is 1150. The first-order chi connectivity index (χ1) is 15.6. The SMILES string of the molecule is N#CCc1ccc(OCc2ccccc2NC(=O)c2ccc(N3CCOC3=O)cc2)cc1. The van der Waals surface area contributed by atoms with E-state index in [0.29, 0.717) is 42.3 Å². The van der Waals surface area contributed by atoms with E-state index in [1.54, 1.807) is 24.3 Å². The third-order valence-corrected chi connectivity index (χ3v) is 5.07. The van der Waals surface area contributed by atoms with Crippen LogP contribution >= 0.6 is 0 Å². The number of para-hydroxylation sites is 1. The minimum absolute atomic E-state index is 0.256. The van der Waals surface area contributed by atoms with Crippen molar-refractivity contribution in [2.75, 3.05) is 23.4 Å². The predicted octanol–water partition coefficient (Wildman–Crippen LogP) is 4.54. The first-order valence-electron chi connectivity index (χ1n) is 10.2. The van der Waals surface area contributed by atoms with Crippen LogP contribution in [0.15, 0.2) is 72.8 Å². The fraction of sp³-hybridized carbons (Fsp3) is 0.160. The van der Waals surface area contributed by atoms with Gasteiger partial charge in [0.2, 0.25) is 0 Å². The number of ether oxygens (including phenoxy) is 2. The molecule has 1 heterocycles. The van der Waals surface area contributed by atoms with Crippen molar-refractivity contribution in [1.29, 1.82) is 5.26 Å². The van der Waals surface area contributed by atoms with Gasteiger partial charge in [-0.15, -0.1) is 0 Å². The molecule has 4 rings (SSSR count). The van der Waals surface area contributed by atoms with Crippen LogP contribution in [0.4, 0.5) is 16.2 Å². The fourth-order valence-corrected chi connectivity index (χ4v) is 3.34. The number of nitriles is 1. The van der Waals surface area contributed by atoms with Crippen LogP contribution < -0.4 is 15.0 Å². The van der Waals surface area contributed by atoms with Gasteiger partial charge in [0.05, 0.1) is 19.0 Å². The molecular formula is C25H21N3O4. The molecule has 0 radical (unpaired) electrons. The van der Waals surface area contributed by atoms with Gasteiger partial charge in [-0.05, 0) is 48.0 Å². The third-order valence-electron chi connectivity index (χ3n) is 5.07. The van der Waals surface area contributed by atoms with Crippen LogP contribution in [0, 0.1) is 11.3 Å². The number of benzene rings is 3. The molecule has 0 unspecified atom stereocenters. The summed E-state index contributed by atoms with van der Waals surface area (Å²) in [5.41, 5.74) is 3.59. The Balaban J connectivity index is 1.40. The molecule has 3 aromatic carbocycles. The Morgan fingerprint density at radius 3 is 2.50 bits per heavy atom. The Morgan fingerprint density at radius 1 is 1.06 bits per heavy atom. The molecule has 160 valence electrons. The molecule has 2 amide bonds. The molecule has 7 nitrogen and oxygen atoms in total. The second kappa shape index (κ2) is 9.67. The van der Waals surface area contributed by atoms with Gasteiger partial charge >= 0.3 is 6.09 Å². The van der Waals surface area contributed by atoms with Crippen LogP contribution in [-0.2, 0) is 17.8 Å².